The first-order valence-electron chi connectivity index (χ1n) is 11.1. The van der Waals surface area contributed by atoms with Gasteiger partial charge in [-0.15, -0.1) is 0 Å². The molecule has 0 aliphatic carbocycles. The molecule has 4 rings (SSSR count). The zero-order chi connectivity index (χ0) is 28.2. The molecule has 14 heteroatoms. The second-order valence-corrected chi connectivity index (χ2v) is 11.0. The van der Waals surface area contributed by atoms with Gasteiger partial charge in [-0.05, 0) is 73.2 Å². The van der Waals surface area contributed by atoms with Crippen molar-refractivity contribution in [2.45, 2.75) is 16.7 Å². The molecule has 0 aromatic heterocycles. The quantitative estimate of drug-likeness (QED) is 0.0796. The van der Waals surface area contributed by atoms with E-state index in [1.54, 1.807) is 61.5 Å². The Morgan fingerprint density at radius 1 is 0.846 bits per heavy atom. The van der Waals surface area contributed by atoms with Gasteiger partial charge in [-0.3, -0.25) is 14.7 Å². The molecule has 0 amide bonds. The van der Waals surface area contributed by atoms with Crippen LogP contribution in [-0.2, 0) is 20.2 Å². The Balaban J connectivity index is 1.47. The number of rotatable bonds is 9. The molecule has 12 nitrogen and oxygen atoms in total. The second kappa shape index (κ2) is 11.0. The van der Waals surface area contributed by atoms with Crippen LogP contribution < -0.4 is 9.50 Å². The summed E-state index contributed by atoms with van der Waals surface area (Å²) < 4.78 is 63.0. The lowest BCUT2D eigenvalue weighted by molar-refractivity contribution is -0.385. The molecule has 0 radical (unpaired) electrons. The third kappa shape index (κ3) is 6.81. The smallest absolute Gasteiger partial charge is 0.339 e. The maximum atomic E-state index is 12.5. The Morgan fingerprint density at radius 2 is 1.49 bits per heavy atom. The number of nitro groups is 1. The fraction of sp³-hybridized carbons (Fsp3) is 0.0400. The highest BCUT2D eigenvalue weighted by atomic mass is 32.2. The van der Waals surface area contributed by atoms with Gasteiger partial charge in [0.1, 0.15) is 15.5 Å². The number of hydrogen-bond donors (Lipinski definition) is 2. The largest absolute Gasteiger partial charge is 0.379 e. The van der Waals surface area contributed by atoms with E-state index in [1.165, 1.54) is 24.3 Å². The van der Waals surface area contributed by atoms with Crippen molar-refractivity contribution < 1.29 is 30.5 Å². The van der Waals surface area contributed by atoms with Gasteiger partial charge in [-0.2, -0.15) is 27.1 Å². The van der Waals surface area contributed by atoms with Crippen molar-refractivity contribution in [3.8, 4) is 5.75 Å². The van der Waals surface area contributed by atoms with Gasteiger partial charge in [0, 0.05) is 17.8 Å². The molecule has 0 bridgehead atoms. The number of nitro benzene ring substituents is 1. The molecular weight excluding hydrogens is 548 g/mol. The first-order chi connectivity index (χ1) is 18.4. The van der Waals surface area contributed by atoms with Crippen LogP contribution in [-0.4, -0.2) is 26.3 Å². The molecule has 4 aromatic rings. The average Bonchev–Trinajstić information content (AvgIpc) is 2.89. The molecule has 200 valence electrons. The third-order valence-corrected chi connectivity index (χ3v) is 7.41. The van der Waals surface area contributed by atoms with Crippen molar-refractivity contribution in [3.05, 3.63) is 107 Å². The summed E-state index contributed by atoms with van der Waals surface area (Å²) in [6.45, 7) is 1.67. The van der Waals surface area contributed by atoms with Crippen LogP contribution in [0.25, 0.3) is 0 Å². The predicted octanol–water partition coefficient (Wildman–Crippen LogP) is 6.08. The molecule has 0 fully saturated rings. The topological polar surface area (TPSA) is 178 Å². The van der Waals surface area contributed by atoms with Gasteiger partial charge in [0.05, 0.1) is 22.0 Å². The summed E-state index contributed by atoms with van der Waals surface area (Å²) in [5.74, 6) is 0.156. The van der Waals surface area contributed by atoms with Crippen LogP contribution in [0.4, 0.5) is 28.4 Å². The minimum absolute atomic E-state index is 0.0360. The van der Waals surface area contributed by atoms with Gasteiger partial charge >= 0.3 is 10.1 Å². The molecule has 0 heterocycles. The third-order valence-electron chi connectivity index (χ3n) is 5.27. The predicted molar refractivity (Wildman–Crippen MR) is 142 cm³/mol. The van der Waals surface area contributed by atoms with Gasteiger partial charge < -0.3 is 9.50 Å². The summed E-state index contributed by atoms with van der Waals surface area (Å²) in [6.07, 6.45) is 0. The number of nitrogens with one attached hydrogen (secondary N) is 1. The lowest BCUT2D eigenvalue weighted by atomic mass is 10.2. The highest BCUT2D eigenvalue weighted by Crippen LogP contribution is 2.31. The van der Waals surface area contributed by atoms with Gasteiger partial charge in [0.15, 0.2) is 0 Å². The van der Waals surface area contributed by atoms with E-state index < -0.39 is 35.7 Å². The van der Waals surface area contributed by atoms with E-state index in [4.69, 9.17) is 4.18 Å². The number of anilines is 2. The summed E-state index contributed by atoms with van der Waals surface area (Å²) in [7, 11) is -8.72. The maximum Gasteiger partial charge on any atom is 0.339 e. The van der Waals surface area contributed by atoms with E-state index >= 15 is 0 Å². The Hall–Kier alpha value is -4.66. The van der Waals surface area contributed by atoms with E-state index in [0.29, 0.717) is 22.6 Å². The number of benzene rings is 4. The number of aryl methyl sites for hydroxylation is 1. The van der Waals surface area contributed by atoms with E-state index in [2.05, 4.69) is 15.5 Å². The van der Waals surface area contributed by atoms with Crippen LogP contribution in [0.1, 0.15) is 5.56 Å². The Morgan fingerprint density at radius 3 is 2.10 bits per heavy atom. The summed E-state index contributed by atoms with van der Waals surface area (Å²) in [5, 5.41) is 22.0. The van der Waals surface area contributed by atoms with Gasteiger partial charge in [0.2, 0.25) is 0 Å². The molecule has 0 spiro atoms. The monoisotopic (exact) mass is 568 g/mol. The number of non-ortho nitro benzene ring substituents is 1. The van der Waals surface area contributed by atoms with Gasteiger partial charge in [-0.25, -0.2) is 0 Å². The average molecular weight is 569 g/mol. The number of azo groups is 1. The fourth-order valence-corrected chi connectivity index (χ4v) is 5.04. The minimum Gasteiger partial charge on any atom is -0.379 e. The lowest BCUT2D eigenvalue weighted by Crippen LogP contribution is -2.10. The standard InChI is InChI=1S/C25H20N4O8S2/c1-17-15-20(11-14-24(17)37-39(35,36)22-5-3-2-4-6-22)28-27-19-9-7-18(8-10-19)26-23-13-12-21(29(30)31)16-25(23)38(32,33)34/h2-16,26H,1H3,(H,32,33,34). The minimum atomic E-state index is -4.73. The first kappa shape index (κ1) is 27.4. The van der Waals surface area contributed by atoms with Crippen molar-refractivity contribution in [2.75, 3.05) is 5.32 Å². The molecular formula is C25H20N4O8S2. The van der Waals surface area contributed by atoms with Gasteiger partial charge in [0.25, 0.3) is 15.8 Å². The summed E-state index contributed by atoms with van der Waals surface area (Å²) in [4.78, 5) is 9.58. The van der Waals surface area contributed by atoms with Crippen molar-refractivity contribution in [2.24, 2.45) is 10.2 Å². The molecule has 0 atom stereocenters. The maximum absolute atomic E-state index is 12.5. The normalized spacial score (nSPS) is 11.8. The summed E-state index contributed by atoms with van der Waals surface area (Å²) in [5.41, 5.74) is 1.31. The molecule has 0 aliphatic heterocycles. The van der Waals surface area contributed by atoms with Gasteiger partial charge in [-0.1, -0.05) is 18.2 Å². The van der Waals surface area contributed by atoms with Crippen molar-refractivity contribution in [1.82, 2.24) is 0 Å². The van der Waals surface area contributed by atoms with E-state index in [9.17, 15) is 31.5 Å². The first-order valence-corrected chi connectivity index (χ1v) is 13.9. The van der Waals surface area contributed by atoms with Crippen LogP contribution >= 0.6 is 0 Å². The van der Waals surface area contributed by atoms with Crippen LogP contribution in [0.2, 0.25) is 0 Å². The van der Waals surface area contributed by atoms with E-state index in [-0.39, 0.29) is 16.3 Å². The lowest BCUT2D eigenvalue weighted by Gasteiger charge is -2.10. The van der Waals surface area contributed by atoms with Crippen LogP contribution in [0, 0.1) is 17.0 Å². The Labute approximate surface area is 223 Å². The fourth-order valence-electron chi connectivity index (χ4n) is 3.37. The molecule has 0 aliphatic rings. The van der Waals surface area contributed by atoms with Crippen molar-refractivity contribution in [1.29, 1.82) is 0 Å². The van der Waals surface area contributed by atoms with Crippen LogP contribution in [0.15, 0.2) is 111 Å². The van der Waals surface area contributed by atoms with Crippen molar-refractivity contribution >= 4 is 48.7 Å². The highest BCUT2D eigenvalue weighted by Gasteiger charge is 2.20. The SMILES string of the molecule is Cc1cc(N=Nc2ccc(Nc3ccc([N+](=O)[O-])cc3S(=O)(=O)O)cc2)ccc1OS(=O)(=O)c1ccccc1. The number of nitrogens with zero attached hydrogens (tertiary/aromatic N) is 3. The summed E-state index contributed by atoms with van der Waals surface area (Å²) >= 11 is 0. The highest BCUT2D eigenvalue weighted by molar-refractivity contribution is 7.87. The van der Waals surface area contributed by atoms with Crippen LogP contribution in [0.3, 0.4) is 0 Å². The zero-order valence-corrected chi connectivity index (χ0v) is 21.8. The molecule has 2 N–H and O–H groups in total. The van der Waals surface area contributed by atoms with E-state index in [1.807, 2.05) is 0 Å². The van der Waals surface area contributed by atoms with Crippen LogP contribution in [0.5, 0.6) is 5.75 Å². The molecule has 4 aromatic carbocycles. The summed E-state index contributed by atoms with van der Waals surface area (Å²) in [6, 6.07) is 21.8. The zero-order valence-electron chi connectivity index (χ0n) is 20.1. The Kier molecular flexibility index (Phi) is 7.71. The molecule has 0 saturated carbocycles. The molecule has 39 heavy (non-hydrogen) atoms. The van der Waals surface area contributed by atoms with E-state index in [0.717, 1.165) is 12.1 Å². The Bertz CT molecular complexity index is 1780. The second-order valence-electron chi connectivity index (χ2n) is 8.08. The van der Waals surface area contributed by atoms with Crippen molar-refractivity contribution in [3.63, 3.8) is 0 Å². The molecule has 0 unspecified atom stereocenters. The molecule has 0 saturated heterocycles. The number of hydrogen-bond acceptors (Lipinski definition) is 10.